The zero-order valence-electron chi connectivity index (χ0n) is 36.7. The summed E-state index contributed by atoms with van der Waals surface area (Å²) in [4.78, 5) is 30.7. The second-order valence-corrected chi connectivity index (χ2v) is 18.3. The molecule has 5 heterocycles. The van der Waals surface area contributed by atoms with E-state index in [1.165, 1.54) is 151 Å². The zero-order chi connectivity index (χ0) is 41.8. The van der Waals surface area contributed by atoms with Crippen molar-refractivity contribution in [1.29, 1.82) is 0 Å². The van der Waals surface area contributed by atoms with Crippen LogP contribution in [0.15, 0.2) is 73.3 Å². The first-order valence-electron chi connectivity index (χ1n) is 24.2. The highest BCUT2D eigenvalue weighted by atomic mass is 14.8. The Bertz CT molecular complexity index is 2040. The molecule has 5 aromatic heterocycles. The topological polar surface area (TPSA) is 77.3 Å². The number of pyridine rings is 4. The molecule has 0 atom stereocenters. The second-order valence-electron chi connectivity index (χ2n) is 18.3. The van der Waals surface area contributed by atoms with Gasteiger partial charge in [0.1, 0.15) is 0 Å². The van der Waals surface area contributed by atoms with Gasteiger partial charge in [-0.3, -0.25) is 19.9 Å². The number of rotatable bonds is 12. The van der Waals surface area contributed by atoms with Crippen LogP contribution in [0.3, 0.4) is 0 Å². The Morgan fingerprint density at radius 2 is 0.484 bits per heavy atom. The van der Waals surface area contributed by atoms with Gasteiger partial charge in [-0.05, 0) is 170 Å². The highest BCUT2D eigenvalue weighted by Crippen LogP contribution is 2.38. The first-order valence-corrected chi connectivity index (χ1v) is 24.2. The Kier molecular flexibility index (Phi) is 14.3. The third kappa shape index (κ3) is 10.5. The van der Waals surface area contributed by atoms with Crippen molar-refractivity contribution in [3.8, 4) is 0 Å². The van der Waals surface area contributed by atoms with E-state index in [-0.39, 0.29) is 0 Å². The molecule has 6 nitrogen and oxygen atoms in total. The molecule has 4 aliphatic rings. The number of nitrogens with zero attached hydrogens (tertiary/aromatic N) is 6. The summed E-state index contributed by atoms with van der Waals surface area (Å²) in [5, 5.41) is 0. The summed E-state index contributed by atoms with van der Waals surface area (Å²) >= 11 is 0. The summed E-state index contributed by atoms with van der Waals surface area (Å²) in [5.74, 6) is 2.16. The van der Waals surface area contributed by atoms with Crippen LogP contribution in [-0.4, -0.2) is 29.9 Å². The summed E-state index contributed by atoms with van der Waals surface area (Å²) in [6.45, 7) is 0. The van der Waals surface area contributed by atoms with E-state index in [0.29, 0.717) is 23.7 Å². The Hall–Kier alpha value is -5.36. The van der Waals surface area contributed by atoms with Crippen LogP contribution in [0.4, 0.5) is 0 Å². The minimum atomic E-state index is 0.540. The van der Waals surface area contributed by atoms with E-state index in [4.69, 9.17) is 29.9 Å². The second kappa shape index (κ2) is 21.1. The SMILES string of the molecule is C(=Cc1nc(C=Cc2ncccc2C2CCCCC2)c(C=Cc2ncccc2C2CCCCC2)nc1C=Cc1ncccc1C1CCCCC1)c1ncccc1C1CCCCC1. The summed E-state index contributed by atoms with van der Waals surface area (Å²) in [6.07, 6.45) is 50.3. The molecule has 4 aliphatic carbocycles. The van der Waals surface area contributed by atoms with Crippen LogP contribution >= 0.6 is 0 Å². The Balaban J connectivity index is 1.16. The minimum absolute atomic E-state index is 0.540. The molecule has 6 heteroatoms. The zero-order valence-corrected chi connectivity index (χ0v) is 36.7. The van der Waals surface area contributed by atoms with E-state index in [0.717, 1.165) is 45.6 Å². The molecule has 0 N–H and O–H groups in total. The smallest absolute Gasteiger partial charge is 0.0895 e. The molecule has 0 saturated heterocycles. The Labute approximate surface area is 370 Å². The molecular formula is C56H64N6. The van der Waals surface area contributed by atoms with Crippen molar-refractivity contribution in [1.82, 2.24) is 29.9 Å². The molecule has 318 valence electrons. The van der Waals surface area contributed by atoms with Crippen LogP contribution in [-0.2, 0) is 0 Å². The van der Waals surface area contributed by atoms with Crippen molar-refractivity contribution in [3.05, 3.63) is 141 Å². The Morgan fingerprint density at radius 3 is 0.710 bits per heavy atom. The van der Waals surface area contributed by atoms with E-state index in [1.807, 2.05) is 24.8 Å². The summed E-state index contributed by atoms with van der Waals surface area (Å²) < 4.78 is 0. The predicted octanol–water partition coefficient (Wildman–Crippen LogP) is 14.9. The molecule has 0 aliphatic heterocycles. The molecular weight excluding hydrogens is 757 g/mol. The van der Waals surface area contributed by atoms with Gasteiger partial charge < -0.3 is 0 Å². The lowest BCUT2D eigenvalue weighted by Crippen LogP contribution is -2.07. The predicted molar refractivity (Wildman–Crippen MR) is 258 cm³/mol. The molecule has 4 saturated carbocycles. The molecule has 0 radical (unpaired) electrons. The first-order chi connectivity index (χ1) is 30.8. The number of aromatic nitrogens is 6. The largest absolute Gasteiger partial charge is 0.257 e. The molecule has 0 unspecified atom stereocenters. The van der Waals surface area contributed by atoms with Crippen LogP contribution in [0.25, 0.3) is 48.6 Å². The van der Waals surface area contributed by atoms with Crippen LogP contribution in [0.1, 0.15) is 220 Å². The first kappa shape index (κ1) is 42.0. The van der Waals surface area contributed by atoms with Gasteiger partial charge in [0.05, 0.1) is 45.6 Å². The summed E-state index contributed by atoms with van der Waals surface area (Å²) in [5.41, 5.74) is 12.7. The van der Waals surface area contributed by atoms with E-state index in [1.54, 1.807) is 0 Å². The normalized spacial score (nSPS) is 19.1. The molecule has 0 bridgehead atoms. The van der Waals surface area contributed by atoms with Gasteiger partial charge in [-0.1, -0.05) is 101 Å². The standard InChI is InChI=1S/C56H64N6/c1-5-17-41(18-6-1)45-25-13-37-57-49(45)29-33-53-54(34-30-50-46(26-14-38-58-50)42-19-7-2-8-20-42)62-56(36-32-52-48(28-16-40-60-52)44-23-11-4-12-24-44)55(61-53)35-31-51-47(27-15-39-59-51)43-21-9-3-10-22-43/h13-16,25-44H,1-12,17-24H2. The van der Waals surface area contributed by atoms with Crippen molar-refractivity contribution in [2.24, 2.45) is 0 Å². The quantitative estimate of drug-likeness (QED) is 0.125. The van der Waals surface area contributed by atoms with E-state index < -0.39 is 0 Å². The molecule has 5 aromatic rings. The highest BCUT2D eigenvalue weighted by Gasteiger charge is 2.22. The van der Waals surface area contributed by atoms with Crippen molar-refractivity contribution in [2.75, 3.05) is 0 Å². The van der Waals surface area contributed by atoms with Gasteiger partial charge in [0.25, 0.3) is 0 Å². The Morgan fingerprint density at radius 1 is 0.274 bits per heavy atom. The third-order valence-electron chi connectivity index (χ3n) is 14.3. The van der Waals surface area contributed by atoms with Crippen molar-refractivity contribution >= 4 is 48.6 Å². The van der Waals surface area contributed by atoms with Gasteiger partial charge in [0, 0.05) is 24.8 Å². The lowest BCUT2D eigenvalue weighted by atomic mass is 9.83. The van der Waals surface area contributed by atoms with Gasteiger partial charge in [-0.25, -0.2) is 9.97 Å². The fraction of sp³-hybridized carbons (Fsp3) is 0.429. The van der Waals surface area contributed by atoms with E-state index in [2.05, 4.69) is 97.1 Å². The number of hydrogen-bond donors (Lipinski definition) is 0. The maximum absolute atomic E-state index is 5.50. The lowest BCUT2D eigenvalue weighted by Gasteiger charge is -2.23. The van der Waals surface area contributed by atoms with Crippen molar-refractivity contribution < 1.29 is 0 Å². The highest BCUT2D eigenvalue weighted by molar-refractivity contribution is 5.81. The lowest BCUT2D eigenvalue weighted by molar-refractivity contribution is 0.442. The van der Waals surface area contributed by atoms with Crippen LogP contribution in [0.2, 0.25) is 0 Å². The van der Waals surface area contributed by atoms with Crippen LogP contribution in [0, 0.1) is 0 Å². The average molecular weight is 821 g/mol. The van der Waals surface area contributed by atoms with E-state index >= 15 is 0 Å². The van der Waals surface area contributed by atoms with Crippen molar-refractivity contribution in [2.45, 2.75) is 152 Å². The van der Waals surface area contributed by atoms with Crippen LogP contribution < -0.4 is 0 Å². The maximum Gasteiger partial charge on any atom is 0.0895 e. The average Bonchev–Trinajstić information content (AvgIpc) is 3.35. The molecule has 62 heavy (non-hydrogen) atoms. The van der Waals surface area contributed by atoms with Gasteiger partial charge >= 0.3 is 0 Å². The summed E-state index contributed by atoms with van der Waals surface area (Å²) in [6, 6.07) is 17.5. The van der Waals surface area contributed by atoms with Gasteiger partial charge in [0.2, 0.25) is 0 Å². The van der Waals surface area contributed by atoms with Gasteiger partial charge in [-0.2, -0.15) is 0 Å². The third-order valence-corrected chi connectivity index (χ3v) is 14.3. The fourth-order valence-electron chi connectivity index (χ4n) is 10.9. The molecule has 4 fully saturated rings. The monoisotopic (exact) mass is 821 g/mol. The maximum atomic E-state index is 5.50. The van der Waals surface area contributed by atoms with Gasteiger partial charge in [-0.15, -0.1) is 0 Å². The molecule has 0 amide bonds. The molecule has 0 spiro atoms. The fourth-order valence-corrected chi connectivity index (χ4v) is 10.9. The van der Waals surface area contributed by atoms with Gasteiger partial charge in [0.15, 0.2) is 0 Å². The van der Waals surface area contributed by atoms with E-state index in [9.17, 15) is 0 Å². The minimum Gasteiger partial charge on any atom is -0.257 e. The molecule has 9 rings (SSSR count). The molecule has 0 aromatic carbocycles. The summed E-state index contributed by atoms with van der Waals surface area (Å²) in [7, 11) is 0. The van der Waals surface area contributed by atoms with Crippen LogP contribution in [0.5, 0.6) is 0 Å². The number of hydrogen-bond acceptors (Lipinski definition) is 6. The van der Waals surface area contributed by atoms with Crippen molar-refractivity contribution in [3.63, 3.8) is 0 Å².